The van der Waals surface area contributed by atoms with E-state index < -0.39 is 18.2 Å². The molecular formula is C16H27NO5. The molecule has 2 aliphatic rings. The van der Waals surface area contributed by atoms with E-state index in [0.29, 0.717) is 12.8 Å². The summed E-state index contributed by atoms with van der Waals surface area (Å²) in [4.78, 5) is 23.3. The van der Waals surface area contributed by atoms with Crippen molar-refractivity contribution in [2.75, 3.05) is 7.11 Å². The van der Waals surface area contributed by atoms with Crippen LogP contribution in [0.2, 0.25) is 0 Å². The third kappa shape index (κ3) is 2.63. The Labute approximate surface area is 131 Å². The number of carboxylic acid groups (broad SMARTS) is 1. The highest BCUT2D eigenvalue weighted by molar-refractivity contribution is 5.83. The summed E-state index contributed by atoms with van der Waals surface area (Å²) in [6.45, 7) is 6.32. The summed E-state index contributed by atoms with van der Waals surface area (Å²) in [5.41, 5.74) is -0.0470. The van der Waals surface area contributed by atoms with Crippen LogP contribution in [0.25, 0.3) is 0 Å². The second kappa shape index (κ2) is 6.54. The average Bonchev–Trinajstić information content (AvgIpc) is 2.99. The van der Waals surface area contributed by atoms with Crippen LogP contribution in [0.4, 0.5) is 0 Å². The molecule has 1 aliphatic heterocycles. The first-order valence-electron chi connectivity index (χ1n) is 8.12. The van der Waals surface area contributed by atoms with Gasteiger partial charge < -0.3 is 19.9 Å². The highest BCUT2D eigenvalue weighted by Gasteiger charge is 2.59. The molecule has 2 N–H and O–H groups in total. The Morgan fingerprint density at radius 3 is 2.32 bits per heavy atom. The molecular weight excluding hydrogens is 286 g/mol. The van der Waals surface area contributed by atoms with Crippen molar-refractivity contribution in [2.24, 2.45) is 11.3 Å². The summed E-state index contributed by atoms with van der Waals surface area (Å²) in [7, 11) is 1.72. The van der Waals surface area contributed by atoms with Crippen LogP contribution in [0.15, 0.2) is 0 Å². The van der Waals surface area contributed by atoms with Crippen LogP contribution in [0.3, 0.4) is 0 Å². The molecule has 126 valence electrons. The lowest BCUT2D eigenvalue weighted by Gasteiger charge is -2.59. The Hall–Kier alpha value is -1.14. The molecule has 0 spiro atoms. The van der Waals surface area contributed by atoms with Crippen molar-refractivity contribution in [1.82, 2.24) is 5.32 Å². The molecule has 0 bridgehead atoms. The maximum atomic E-state index is 12.4. The topological polar surface area (TPSA) is 84.9 Å². The molecule has 1 heterocycles. The van der Waals surface area contributed by atoms with Gasteiger partial charge in [0, 0.05) is 24.5 Å². The van der Waals surface area contributed by atoms with Gasteiger partial charge in [-0.2, -0.15) is 0 Å². The Balaban J connectivity index is 2.01. The average molecular weight is 313 g/mol. The standard InChI is InChI=1S/C16H27NO5/c1-5-16(6-2)12(9(3)13(16)21-4)17-14(18)10-7-8-11(22-10)15(19)20/h9-13H,5-8H2,1-4H3,(H,17,18)(H,19,20)/t9?,10-,11+,12?,13?/m0/s1. The van der Waals surface area contributed by atoms with Crippen LogP contribution in [0.5, 0.6) is 0 Å². The van der Waals surface area contributed by atoms with Gasteiger partial charge in [-0.1, -0.05) is 20.8 Å². The van der Waals surface area contributed by atoms with Gasteiger partial charge >= 0.3 is 5.97 Å². The van der Waals surface area contributed by atoms with Gasteiger partial charge in [0.2, 0.25) is 5.91 Å². The number of carbonyl (C=O) groups excluding carboxylic acids is 1. The SMILES string of the molecule is CCC1(CC)C(NC(=O)[C@@H]2CC[C@H](C(=O)O)O2)C(C)C1OC. The number of amides is 1. The summed E-state index contributed by atoms with van der Waals surface area (Å²) in [5, 5.41) is 12.0. The number of hydrogen-bond donors (Lipinski definition) is 2. The van der Waals surface area contributed by atoms with E-state index in [4.69, 9.17) is 14.6 Å². The van der Waals surface area contributed by atoms with E-state index in [1.165, 1.54) is 0 Å². The summed E-state index contributed by atoms with van der Waals surface area (Å²) in [6, 6.07) is 0.0485. The Morgan fingerprint density at radius 2 is 1.86 bits per heavy atom. The zero-order valence-electron chi connectivity index (χ0n) is 13.8. The Kier molecular flexibility index (Phi) is 5.12. The van der Waals surface area contributed by atoms with Gasteiger partial charge in [0.25, 0.3) is 0 Å². The first-order valence-corrected chi connectivity index (χ1v) is 8.12. The van der Waals surface area contributed by atoms with Gasteiger partial charge in [-0.15, -0.1) is 0 Å². The van der Waals surface area contributed by atoms with Crippen LogP contribution >= 0.6 is 0 Å². The lowest BCUT2D eigenvalue weighted by atomic mass is 9.53. The monoisotopic (exact) mass is 313 g/mol. The minimum Gasteiger partial charge on any atom is -0.479 e. The Bertz CT molecular complexity index is 434. The van der Waals surface area contributed by atoms with Gasteiger partial charge in [0.15, 0.2) is 6.10 Å². The van der Waals surface area contributed by atoms with E-state index in [-0.39, 0.29) is 29.4 Å². The predicted molar refractivity (Wildman–Crippen MR) is 80.4 cm³/mol. The molecule has 0 aromatic carbocycles. The van der Waals surface area contributed by atoms with Gasteiger partial charge in [-0.3, -0.25) is 4.79 Å². The maximum absolute atomic E-state index is 12.4. The van der Waals surface area contributed by atoms with Crippen molar-refractivity contribution in [3.63, 3.8) is 0 Å². The molecule has 1 aliphatic carbocycles. The molecule has 2 fully saturated rings. The van der Waals surface area contributed by atoms with Crippen molar-refractivity contribution in [2.45, 2.75) is 70.8 Å². The summed E-state index contributed by atoms with van der Waals surface area (Å²) >= 11 is 0. The van der Waals surface area contributed by atoms with Crippen molar-refractivity contribution < 1.29 is 24.2 Å². The molecule has 1 amide bonds. The molecule has 1 saturated heterocycles. The zero-order chi connectivity index (χ0) is 16.5. The number of nitrogens with one attached hydrogen (secondary N) is 1. The normalized spacial score (nSPS) is 36.6. The Morgan fingerprint density at radius 1 is 1.27 bits per heavy atom. The second-order valence-electron chi connectivity index (χ2n) is 6.47. The highest BCUT2D eigenvalue weighted by Crippen LogP contribution is 2.52. The van der Waals surface area contributed by atoms with Crippen LogP contribution in [-0.4, -0.2) is 48.4 Å². The third-order valence-electron chi connectivity index (χ3n) is 5.64. The van der Waals surface area contributed by atoms with Gasteiger partial charge in [0.05, 0.1) is 6.10 Å². The van der Waals surface area contributed by atoms with Crippen molar-refractivity contribution in [3.8, 4) is 0 Å². The minimum absolute atomic E-state index is 0.0470. The molecule has 0 radical (unpaired) electrons. The second-order valence-corrected chi connectivity index (χ2v) is 6.47. The number of carbonyl (C=O) groups is 2. The minimum atomic E-state index is -0.997. The number of carboxylic acids is 1. The van der Waals surface area contributed by atoms with Crippen LogP contribution in [0.1, 0.15) is 46.5 Å². The van der Waals surface area contributed by atoms with E-state index in [9.17, 15) is 9.59 Å². The van der Waals surface area contributed by atoms with E-state index in [0.717, 1.165) is 12.8 Å². The number of methoxy groups -OCH3 is 1. The number of ether oxygens (including phenoxy) is 2. The van der Waals surface area contributed by atoms with Gasteiger partial charge in [-0.25, -0.2) is 4.79 Å². The summed E-state index contributed by atoms with van der Waals surface area (Å²) in [5.74, 6) is -0.949. The molecule has 1 saturated carbocycles. The molecule has 5 atom stereocenters. The van der Waals surface area contributed by atoms with E-state index in [1.807, 2.05) is 0 Å². The fourth-order valence-corrected chi connectivity index (χ4v) is 4.35. The van der Waals surface area contributed by atoms with Crippen LogP contribution in [0, 0.1) is 11.3 Å². The van der Waals surface area contributed by atoms with Crippen LogP contribution < -0.4 is 5.32 Å². The maximum Gasteiger partial charge on any atom is 0.332 e. The number of hydrogen-bond acceptors (Lipinski definition) is 4. The number of rotatable bonds is 6. The van der Waals surface area contributed by atoms with E-state index in [1.54, 1.807) is 7.11 Å². The molecule has 3 unspecified atom stereocenters. The molecule has 22 heavy (non-hydrogen) atoms. The quantitative estimate of drug-likeness (QED) is 0.777. The van der Waals surface area contributed by atoms with Gasteiger partial charge in [-0.05, 0) is 25.7 Å². The fraction of sp³-hybridized carbons (Fsp3) is 0.875. The fourth-order valence-electron chi connectivity index (χ4n) is 4.35. The molecule has 6 nitrogen and oxygen atoms in total. The summed E-state index contributed by atoms with van der Waals surface area (Å²) in [6.07, 6.45) is 1.35. The predicted octanol–water partition coefficient (Wildman–Crippen LogP) is 1.57. The molecule has 0 aromatic heterocycles. The largest absolute Gasteiger partial charge is 0.479 e. The molecule has 2 rings (SSSR count). The van der Waals surface area contributed by atoms with E-state index in [2.05, 4.69) is 26.1 Å². The van der Waals surface area contributed by atoms with Crippen molar-refractivity contribution in [1.29, 1.82) is 0 Å². The lowest BCUT2D eigenvalue weighted by Crippen LogP contribution is -2.70. The van der Waals surface area contributed by atoms with E-state index >= 15 is 0 Å². The third-order valence-corrected chi connectivity index (χ3v) is 5.64. The molecule has 0 aromatic rings. The first kappa shape index (κ1) is 17.2. The smallest absolute Gasteiger partial charge is 0.332 e. The number of aliphatic carboxylic acids is 1. The van der Waals surface area contributed by atoms with Crippen molar-refractivity contribution >= 4 is 11.9 Å². The first-order chi connectivity index (χ1) is 10.4. The lowest BCUT2D eigenvalue weighted by molar-refractivity contribution is -0.175. The highest BCUT2D eigenvalue weighted by atomic mass is 16.5. The zero-order valence-corrected chi connectivity index (χ0v) is 13.8. The summed E-state index contributed by atoms with van der Waals surface area (Å²) < 4.78 is 11.0. The molecule has 6 heteroatoms. The van der Waals surface area contributed by atoms with Crippen LogP contribution in [-0.2, 0) is 19.1 Å². The van der Waals surface area contributed by atoms with Gasteiger partial charge in [0.1, 0.15) is 6.10 Å². The van der Waals surface area contributed by atoms with Crippen molar-refractivity contribution in [3.05, 3.63) is 0 Å².